The first-order valence-corrected chi connectivity index (χ1v) is 6.78. The number of amides is 1. The fourth-order valence-corrected chi connectivity index (χ4v) is 2.06. The Hall–Kier alpha value is -1.46. The highest BCUT2D eigenvalue weighted by Crippen LogP contribution is 2.26. The maximum Gasteiger partial charge on any atom is 0.261 e. The number of hydrogen-bond acceptors (Lipinski definition) is 1. The molecule has 2 aromatic rings. The fraction of sp³-hybridized carbons (Fsp3) is 0.0714. The average molecular weight is 361 g/mol. The van der Waals surface area contributed by atoms with Crippen molar-refractivity contribution in [2.75, 3.05) is 5.32 Å². The highest BCUT2D eigenvalue weighted by Gasteiger charge is 2.19. The molecule has 1 N–H and O–H groups in total. The molecule has 0 spiro atoms. The minimum atomic E-state index is -0.909. The van der Waals surface area contributed by atoms with Gasteiger partial charge in [-0.1, -0.05) is 17.7 Å². The summed E-state index contributed by atoms with van der Waals surface area (Å²) in [5, 5.41) is 2.79. The minimum Gasteiger partial charge on any atom is -0.322 e. The lowest BCUT2D eigenvalue weighted by Gasteiger charge is -2.09. The van der Waals surface area contributed by atoms with E-state index in [0.29, 0.717) is 15.2 Å². The Morgan fingerprint density at radius 2 is 1.95 bits per heavy atom. The molecule has 0 fully saturated rings. The van der Waals surface area contributed by atoms with Crippen LogP contribution in [0.5, 0.6) is 0 Å². The molecule has 0 saturated carbocycles. The quantitative estimate of drug-likeness (QED) is 0.807. The highest BCUT2D eigenvalue weighted by atomic mass is 79.9. The van der Waals surface area contributed by atoms with E-state index < -0.39 is 23.1 Å². The molecule has 104 valence electrons. The number of hydrogen-bond donors (Lipinski definition) is 1. The Morgan fingerprint density at radius 1 is 1.25 bits per heavy atom. The second kappa shape index (κ2) is 5.89. The van der Waals surface area contributed by atoms with Crippen molar-refractivity contribution < 1.29 is 13.6 Å². The topological polar surface area (TPSA) is 29.1 Å². The van der Waals surface area contributed by atoms with E-state index in [4.69, 9.17) is 11.6 Å². The number of carbonyl (C=O) groups is 1. The van der Waals surface area contributed by atoms with Crippen LogP contribution in [0.1, 0.15) is 15.9 Å². The largest absolute Gasteiger partial charge is 0.322 e. The normalized spacial score (nSPS) is 10.4. The van der Waals surface area contributed by atoms with Crippen molar-refractivity contribution in [3.05, 3.63) is 62.6 Å². The number of halogens is 4. The zero-order valence-corrected chi connectivity index (χ0v) is 12.6. The third kappa shape index (κ3) is 2.99. The summed E-state index contributed by atoms with van der Waals surface area (Å²) >= 11 is 9.09. The molecular weight excluding hydrogens is 352 g/mol. The molecule has 6 heteroatoms. The lowest BCUT2D eigenvalue weighted by atomic mass is 10.1. The Morgan fingerprint density at radius 3 is 2.60 bits per heavy atom. The van der Waals surface area contributed by atoms with Crippen LogP contribution >= 0.6 is 27.5 Å². The molecule has 0 heterocycles. The van der Waals surface area contributed by atoms with Gasteiger partial charge < -0.3 is 5.32 Å². The van der Waals surface area contributed by atoms with Gasteiger partial charge in [-0.25, -0.2) is 8.78 Å². The van der Waals surface area contributed by atoms with Gasteiger partial charge in [0.1, 0.15) is 17.2 Å². The molecule has 2 aromatic carbocycles. The number of nitrogens with one attached hydrogen (secondary N) is 1. The summed E-state index contributed by atoms with van der Waals surface area (Å²) in [7, 11) is 0. The van der Waals surface area contributed by atoms with Gasteiger partial charge in [0.25, 0.3) is 5.91 Å². The molecule has 0 aliphatic rings. The summed E-state index contributed by atoms with van der Waals surface area (Å²) < 4.78 is 28.1. The molecule has 0 saturated heterocycles. The van der Waals surface area contributed by atoms with Crippen LogP contribution < -0.4 is 5.32 Å². The van der Waals surface area contributed by atoms with Gasteiger partial charge in [0.05, 0.1) is 5.02 Å². The summed E-state index contributed by atoms with van der Waals surface area (Å²) in [6.07, 6.45) is 0. The van der Waals surface area contributed by atoms with Crippen LogP contribution in [-0.2, 0) is 0 Å². The summed E-state index contributed by atoms with van der Waals surface area (Å²) in [5.41, 5.74) is -0.0575. The van der Waals surface area contributed by atoms with Crippen molar-refractivity contribution >= 4 is 39.1 Å². The lowest BCUT2D eigenvalue weighted by molar-refractivity contribution is 0.101. The van der Waals surface area contributed by atoms with Crippen molar-refractivity contribution in [1.82, 2.24) is 0 Å². The predicted molar refractivity (Wildman–Crippen MR) is 78.2 cm³/mol. The number of anilines is 1. The summed E-state index contributed by atoms with van der Waals surface area (Å²) in [5.74, 6) is -2.64. The van der Waals surface area contributed by atoms with Crippen molar-refractivity contribution in [3.8, 4) is 0 Å². The number of aryl methyl sites for hydroxylation is 1. The monoisotopic (exact) mass is 359 g/mol. The van der Waals surface area contributed by atoms with Gasteiger partial charge >= 0.3 is 0 Å². The Bertz CT molecular complexity index is 691. The van der Waals surface area contributed by atoms with Gasteiger partial charge in [-0.05, 0) is 52.7 Å². The summed E-state index contributed by atoms with van der Waals surface area (Å²) in [4.78, 5) is 12.0. The van der Waals surface area contributed by atoms with E-state index in [1.165, 1.54) is 19.1 Å². The zero-order chi connectivity index (χ0) is 14.9. The third-order valence-corrected chi connectivity index (χ3v) is 3.92. The van der Waals surface area contributed by atoms with Crippen LogP contribution in [0.4, 0.5) is 14.5 Å². The van der Waals surface area contributed by atoms with Gasteiger partial charge in [-0.3, -0.25) is 4.79 Å². The van der Waals surface area contributed by atoms with E-state index in [0.717, 1.165) is 6.07 Å². The molecule has 2 rings (SSSR count). The zero-order valence-electron chi connectivity index (χ0n) is 10.3. The molecule has 0 unspecified atom stereocenters. The molecule has 0 atom stereocenters. The van der Waals surface area contributed by atoms with E-state index in [1.807, 2.05) is 0 Å². The van der Waals surface area contributed by atoms with Gasteiger partial charge in [-0.15, -0.1) is 0 Å². The molecule has 0 bridgehead atoms. The van der Waals surface area contributed by atoms with E-state index >= 15 is 0 Å². The van der Waals surface area contributed by atoms with Crippen LogP contribution in [0.2, 0.25) is 5.02 Å². The van der Waals surface area contributed by atoms with E-state index in [9.17, 15) is 13.6 Å². The van der Waals surface area contributed by atoms with Crippen molar-refractivity contribution in [2.24, 2.45) is 0 Å². The lowest BCUT2D eigenvalue weighted by Crippen LogP contribution is -2.16. The van der Waals surface area contributed by atoms with Gasteiger partial charge in [0.2, 0.25) is 0 Å². The molecule has 0 aromatic heterocycles. The first kappa shape index (κ1) is 14.9. The molecule has 0 aliphatic heterocycles. The fourth-order valence-electron chi connectivity index (χ4n) is 1.63. The average Bonchev–Trinajstić information content (AvgIpc) is 2.39. The van der Waals surface area contributed by atoms with E-state index in [2.05, 4.69) is 21.2 Å². The first-order valence-electron chi connectivity index (χ1n) is 5.61. The van der Waals surface area contributed by atoms with Gasteiger partial charge in [0, 0.05) is 10.2 Å². The minimum absolute atomic E-state index is 0.199. The maximum atomic E-state index is 13.8. The highest BCUT2D eigenvalue weighted by molar-refractivity contribution is 9.10. The van der Waals surface area contributed by atoms with E-state index in [-0.39, 0.29) is 5.56 Å². The summed E-state index contributed by atoms with van der Waals surface area (Å²) in [6, 6.07) is 7.01. The SMILES string of the molecule is Cc1ccc(F)c(C(=O)Nc2ccc(Br)c(Cl)c2)c1F. The number of benzene rings is 2. The molecule has 20 heavy (non-hydrogen) atoms. The van der Waals surface area contributed by atoms with E-state index in [1.54, 1.807) is 12.1 Å². The third-order valence-electron chi connectivity index (χ3n) is 2.69. The van der Waals surface area contributed by atoms with Gasteiger partial charge in [0.15, 0.2) is 0 Å². The Balaban J connectivity index is 2.33. The van der Waals surface area contributed by atoms with Gasteiger partial charge in [-0.2, -0.15) is 0 Å². The molecular formula is C14H9BrClF2NO. The molecule has 0 radical (unpaired) electrons. The van der Waals surface area contributed by atoms with Crippen molar-refractivity contribution in [2.45, 2.75) is 6.92 Å². The summed E-state index contributed by atoms with van der Waals surface area (Å²) in [6.45, 7) is 1.46. The second-order valence-corrected chi connectivity index (χ2v) is 5.40. The van der Waals surface area contributed by atoms with Crippen molar-refractivity contribution in [1.29, 1.82) is 0 Å². The van der Waals surface area contributed by atoms with Crippen LogP contribution in [-0.4, -0.2) is 5.91 Å². The molecule has 0 aliphatic carbocycles. The van der Waals surface area contributed by atoms with Crippen molar-refractivity contribution in [3.63, 3.8) is 0 Å². The maximum absolute atomic E-state index is 13.8. The van der Waals surface area contributed by atoms with Crippen LogP contribution in [0.15, 0.2) is 34.8 Å². The Kier molecular flexibility index (Phi) is 4.40. The second-order valence-electron chi connectivity index (χ2n) is 4.14. The molecule has 1 amide bonds. The molecule has 2 nitrogen and oxygen atoms in total. The predicted octanol–water partition coefficient (Wildman–Crippen LogP) is 4.94. The first-order chi connectivity index (χ1) is 9.40. The smallest absolute Gasteiger partial charge is 0.261 e. The number of rotatable bonds is 2. The van der Waals surface area contributed by atoms with Crippen LogP contribution in [0.25, 0.3) is 0 Å². The number of carbonyl (C=O) groups excluding carboxylic acids is 1. The standard InChI is InChI=1S/C14H9BrClF2NO/c1-7-2-5-11(17)12(13(7)18)14(20)19-8-3-4-9(15)10(16)6-8/h2-6H,1H3,(H,19,20). The van der Waals surface area contributed by atoms with Crippen LogP contribution in [0, 0.1) is 18.6 Å². The Labute approximate surface area is 127 Å². The van der Waals surface area contributed by atoms with Crippen LogP contribution in [0.3, 0.4) is 0 Å².